The molecule has 0 saturated heterocycles. The van der Waals surface area contributed by atoms with E-state index in [2.05, 4.69) is 23.6 Å². The van der Waals surface area contributed by atoms with Gasteiger partial charge < -0.3 is 14.9 Å². The predicted molar refractivity (Wildman–Crippen MR) is 139 cm³/mol. The summed E-state index contributed by atoms with van der Waals surface area (Å²) in [6.45, 7) is 9.32. The van der Waals surface area contributed by atoms with E-state index in [1.165, 1.54) is 22.9 Å². The molecule has 1 atom stereocenters. The first-order valence-electron chi connectivity index (χ1n) is 11.5. The monoisotopic (exact) mass is 479 g/mol. The van der Waals surface area contributed by atoms with Gasteiger partial charge in [0.15, 0.2) is 0 Å². The van der Waals surface area contributed by atoms with Crippen LogP contribution in [0.5, 0.6) is 5.75 Å². The van der Waals surface area contributed by atoms with Crippen molar-refractivity contribution in [2.45, 2.75) is 38.8 Å². The summed E-state index contributed by atoms with van der Waals surface area (Å²) in [5, 5.41) is 29.3. The van der Waals surface area contributed by atoms with Crippen molar-refractivity contribution in [2.24, 2.45) is 4.99 Å². The van der Waals surface area contributed by atoms with Crippen LogP contribution in [0.4, 0.5) is 0 Å². The van der Waals surface area contributed by atoms with Gasteiger partial charge in [0.1, 0.15) is 16.9 Å². The number of thioether (sulfide) groups is 1. The minimum Gasteiger partial charge on any atom is -0.490 e. The van der Waals surface area contributed by atoms with Crippen LogP contribution in [0, 0.1) is 11.3 Å². The molecule has 7 heteroatoms. The lowest BCUT2D eigenvalue weighted by atomic mass is 10.00. The molecule has 0 fully saturated rings. The number of ether oxygens (including phenoxy) is 1. The summed E-state index contributed by atoms with van der Waals surface area (Å²) in [6.07, 6.45) is 3.78. The van der Waals surface area contributed by atoms with Crippen LogP contribution in [-0.2, 0) is 6.42 Å². The van der Waals surface area contributed by atoms with Gasteiger partial charge in [-0.2, -0.15) is 5.26 Å². The maximum absolute atomic E-state index is 9.59. The third kappa shape index (κ3) is 5.89. The van der Waals surface area contributed by atoms with Crippen molar-refractivity contribution in [1.29, 1.82) is 5.26 Å². The lowest BCUT2D eigenvalue weighted by Gasteiger charge is -2.28. The summed E-state index contributed by atoms with van der Waals surface area (Å²) in [5.74, 6) is 0.572. The fraction of sp³-hybridized carbons (Fsp3) is 0.407. The van der Waals surface area contributed by atoms with Gasteiger partial charge in [-0.05, 0) is 62.3 Å². The van der Waals surface area contributed by atoms with Crippen molar-refractivity contribution in [3.05, 3.63) is 70.8 Å². The largest absolute Gasteiger partial charge is 0.490 e. The smallest absolute Gasteiger partial charge is 0.137 e. The predicted octanol–water partition coefficient (Wildman–Crippen LogP) is 4.40. The second-order valence-electron chi connectivity index (χ2n) is 8.47. The molecule has 0 heterocycles. The molecule has 2 aromatic rings. The number of aliphatic hydroxyl groups excluding tert-OH is 2. The summed E-state index contributed by atoms with van der Waals surface area (Å²) in [5.41, 5.74) is 5.46. The van der Waals surface area contributed by atoms with Gasteiger partial charge in [-0.15, -0.1) is 11.8 Å². The third-order valence-electron chi connectivity index (χ3n) is 5.90. The van der Waals surface area contributed by atoms with Gasteiger partial charge in [-0.25, -0.2) is 4.99 Å². The fourth-order valence-corrected chi connectivity index (χ4v) is 5.04. The van der Waals surface area contributed by atoms with Crippen LogP contribution in [0.1, 0.15) is 54.1 Å². The van der Waals surface area contributed by atoms with Crippen molar-refractivity contribution in [1.82, 2.24) is 4.90 Å². The van der Waals surface area contributed by atoms with Crippen LogP contribution >= 0.6 is 11.8 Å². The van der Waals surface area contributed by atoms with Gasteiger partial charge in [-0.1, -0.05) is 24.8 Å². The standard InChI is InChI=1S/C27H33N3O3S/c1-18(2)33-26-11-8-20(16-21(26)17-28)27(34-4)29-19(3)22-6-5-7-24-23(22)9-10-25(24)30(12-14-31)13-15-32/h5-8,11,16,18,25,31-32H,3,9-10,12-15H2,1-2,4H3/b29-27-/t25-/m0/s1. The molecular formula is C27H33N3O3S. The van der Waals surface area contributed by atoms with Crippen LogP contribution in [0.25, 0.3) is 5.70 Å². The molecule has 0 radical (unpaired) electrons. The van der Waals surface area contributed by atoms with E-state index < -0.39 is 0 Å². The van der Waals surface area contributed by atoms with Crippen molar-refractivity contribution in [3.8, 4) is 11.8 Å². The van der Waals surface area contributed by atoms with Gasteiger partial charge in [0.2, 0.25) is 0 Å². The fourth-order valence-electron chi connectivity index (χ4n) is 4.48. The average Bonchev–Trinajstić information content (AvgIpc) is 3.26. The Morgan fingerprint density at radius 3 is 2.62 bits per heavy atom. The SMILES string of the molecule is C=C(/N=C(\SC)c1ccc(OC(C)C)c(C#N)c1)c1cccc2c1CC[C@@H]2N(CCO)CCO. The van der Waals surface area contributed by atoms with Gasteiger partial charge >= 0.3 is 0 Å². The molecule has 2 aromatic carbocycles. The first-order chi connectivity index (χ1) is 16.4. The maximum atomic E-state index is 9.59. The van der Waals surface area contributed by atoms with Crippen LogP contribution in [0.2, 0.25) is 0 Å². The summed E-state index contributed by atoms with van der Waals surface area (Å²) in [7, 11) is 0. The Balaban J connectivity index is 1.92. The number of aliphatic hydroxyl groups is 2. The molecule has 0 unspecified atom stereocenters. The van der Waals surface area contributed by atoms with Crippen molar-refractivity contribution in [2.75, 3.05) is 32.6 Å². The molecule has 3 rings (SSSR count). The lowest BCUT2D eigenvalue weighted by molar-refractivity contribution is 0.121. The topological polar surface area (TPSA) is 89.1 Å². The van der Waals surface area contributed by atoms with Crippen LogP contribution < -0.4 is 4.74 Å². The molecule has 1 aliphatic carbocycles. The first kappa shape index (κ1) is 26.0. The van der Waals surface area contributed by atoms with Gasteiger partial charge in [0.05, 0.1) is 30.6 Å². The zero-order chi connectivity index (χ0) is 24.7. The molecule has 6 nitrogen and oxygen atoms in total. The van der Waals surface area contributed by atoms with E-state index in [-0.39, 0.29) is 25.4 Å². The van der Waals surface area contributed by atoms with Crippen LogP contribution in [0.3, 0.4) is 0 Å². The van der Waals surface area contributed by atoms with Crippen molar-refractivity contribution < 1.29 is 14.9 Å². The van der Waals surface area contributed by atoms with E-state index >= 15 is 0 Å². The Bertz CT molecular complexity index is 1090. The molecule has 180 valence electrons. The molecule has 0 aliphatic heterocycles. The first-order valence-corrected chi connectivity index (χ1v) is 12.8. The molecule has 0 spiro atoms. The summed E-state index contributed by atoms with van der Waals surface area (Å²) in [6, 6.07) is 14.1. The molecule has 34 heavy (non-hydrogen) atoms. The highest BCUT2D eigenvalue weighted by molar-refractivity contribution is 8.13. The van der Waals surface area contributed by atoms with E-state index in [9.17, 15) is 15.5 Å². The van der Waals surface area contributed by atoms with Gasteiger partial charge in [0.25, 0.3) is 0 Å². The minimum absolute atomic E-state index is 0.0129. The second kappa shape index (κ2) is 12.2. The molecular weight excluding hydrogens is 446 g/mol. The number of hydrogen-bond acceptors (Lipinski definition) is 7. The number of rotatable bonds is 10. The summed E-state index contributed by atoms with van der Waals surface area (Å²) < 4.78 is 5.75. The molecule has 0 aromatic heterocycles. The highest BCUT2D eigenvalue weighted by Crippen LogP contribution is 2.39. The minimum atomic E-state index is -0.0129. The molecule has 0 bridgehead atoms. The number of nitrogens with zero attached hydrogens (tertiary/aromatic N) is 3. The van der Waals surface area contributed by atoms with Crippen LogP contribution in [0.15, 0.2) is 48.0 Å². The normalized spacial score (nSPS) is 15.5. The van der Waals surface area contributed by atoms with Crippen molar-refractivity contribution >= 4 is 22.5 Å². The zero-order valence-corrected chi connectivity index (χ0v) is 20.9. The average molecular weight is 480 g/mol. The zero-order valence-electron chi connectivity index (χ0n) is 20.1. The second-order valence-corrected chi connectivity index (χ2v) is 9.26. The molecule has 1 aliphatic rings. The van der Waals surface area contributed by atoms with Gasteiger partial charge in [-0.3, -0.25) is 4.90 Å². The molecule has 0 saturated carbocycles. The molecule has 2 N–H and O–H groups in total. The highest BCUT2D eigenvalue weighted by Gasteiger charge is 2.29. The highest BCUT2D eigenvalue weighted by atomic mass is 32.2. The van der Waals surface area contributed by atoms with E-state index in [0.717, 1.165) is 29.0 Å². The number of aliphatic imine (C=N–C) groups is 1. The Labute approximate surface area is 206 Å². The number of nitriles is 1. The van der Waals surface area contributed by atoms with Gasteiger partial charge in [0, 0.05) is 30.3 Å². The summed E-state index contributed by atoms with van der Waals surface area (Å²) >= 11 is 1.51. The quantitative estimate of drug-likeness (QED) is 0.388. The number of benzene rings is 2. The Kier molecular flexibility index (Phi) is 9.31. The molecule has 0 amide bonds. The van der Waals surface area contributed by atoms with E-state index in [0.29, 0.717) is 30.1 Å². The summed E-state index contributed by atoms with van der Waals surface area (Å²) in [4.78, 5) is 7.00. The number of hydrogen-bond donors (Lipinski definition) is 2. The van der Waals surface area contributed by atoms with E-state index in [1.54, 1.807) is 0 Å². The number of fused-ring (bicyclic) bond motifs is 1. The Morgan fingerprint density at radius 1 is 1.26 bits per heavy atom. The van der Waals surface area contributed by atoms with Crippen molar-refractivity contribution in [3.63, 3.8) is 0 Å². The van der Waals surface area contributed by atoms with E-state index in [1.807, 2.05) is 50.4 Å². The lowest BCUT2D eigenvalue weighted by Crippen LogP contribution is -2.32. The maximum Gasteiger partial charge on any atom is 0.137 e. The Hall–Kier alpha value is -2.63. The van der Waals surface area contributed by atoms with E-state index in [4.69, 9.17) is 9.73 Å². The Morgan fingerprint density at radius 2 is 2.00 bits per heavy atom. The van der Waals surface area contributed by atoms with Crippen LogP contribution in [-0.4, -0.2) is 58.8 Å². The third-order valence-corrected chi connectivity index (χ3v) is 6.62.